The molecule has 0 bridgehead atoms. The zero-order valence-corrected chi connectivity index (χ0v) is 10.7. The van der Waals surface area contributed by atoms with Crippen LogP contribution < -0.4 is 10.6 Å². The highest BCUT2D eigenvalue weighted by Crippen LogP contribution is 2.02. The van der Waals surface area contributed by atoms with E-state index in [-0.39, 0.29) is 11.6 Å². The molecule has 19 heavy (non-hydrogen) atoms. The van der Waals surface area contributed by atoms with Crippen molar-refractivity contribution in [1.29, 1.82) is 0 Å². The number of anilines is 1. The molecule has 2 heterocycles. The van der Waals surface area contributed by atoms with Crippen LogP contribution in [0.4, 0.5) is 5.82 Å². The Morgan fingerprint density at radius 3 is 3.05 bits per heavy atom. The van der Waals surface area contributed by atoms with Gasteiger partial charge in [-0.3, -0.25) is 9.78 Å². The van der Waals surface area contributed by atoms with Crippen molar-refractivity contribution in [3.8, 4) is 0 Å². The fourth-order valence-corrected chi connectivity index (χ4v) is 1.46. The monoisotopic (exact) mass is 260 g/mol. The number of hydrogen-bond acceptors (Lipinski definition) is 5. The van der Waals surface area contributed by atoms with Gasteiger partial charge in [0.25, 0.3) is 5.91 Å². The van der Waals surface area contributed by atoms with E-state index in [4.69, 9.17) is 0 Å². The molecule has 7 nitrogen and oxygen atoms in total. The van der Waals surface area contributed by atoms with Gasteiger partial charge >= 0.3 is 0 Å². The first-order valence-corrected chi connectivity index (χ1v) is 6.12. The molecular formula is C12H16N6O. The van der Waals surface area contributed by atoms with Crippen LogP contribution in [0.3, 0.4) is 0 Å². The Labute approximate surface area is 110 Å². The van der Waals surface area contributed by atoms with Gasteiger partial charge in [-0.2, -0.15) is 0 Å². The number of aromatic amines is 1. The number of imidazole rings is 1. The maximum atomic E-state index is 11.9. The summed E-state index contributed by atoms with van der Waals surface area (Å²) < 4.78 is 0. The van der Waals surface area contributed by atoms with Crippen LogP contribution in [0.15, 0.2) is 24.8 Å². The van der Waals surface area contributed by atoms with Gasteiger partial charge in [0.15, 0.2) is 0 Å². The number of rotatable bonds is 6. The standard InChI is InChI=1S/C12H16N6O/c1-2-3-14-11-7-13-6-9(18-11)12(19)17-8-10-15-4-5-16-10/h4-7H,2-3,8H2,1H3,(H,14,18)(H,15,16)(H,17,19). The normalized spacial score (nSPS) is 10.2. The number of carbonyl (C=O) groups is 1. The van der Waals surface area contributed by atoms with Crippen LogP contribution in [0.1, 0.15) is 29.7 Å². The van der Waals surface area contributed by atoms with Crippen molar-refractivity contribution in [2.45, 2.75) is 19.9 Å². The van der Waals surface area contributed by atoms with E-state index in [1.54, 1.807) is 18.6 Å². The van der Waals surface area contributed by atoms with E-state index >= 15 is 0 Å². The first-order chi connectivity index (χ1) is 9.29. The first kappa shape index (κ1) is 13.0. The van der Waals surface area contributed by atoms with Crippen LogP contribution in [0.5, 0.6) is 0 Å². The number of carbonyl (C=O) groups excluding carboxylic acids is 1. The fraction of sp³-hybridized carbons (Fsp3) is 0.333. The van der Waals surface area contributed by atoms with Crippen molar-refractivity contribution in [3.63, 3.8) is 0 Å². The lowest BCUT2D eigenvalue weighted by Crippen LogP contribution is -2.24. The molecule has 0 aliphatic rings. The number of nitrogens with zero attached hydrogens (tertiary/aromatic N) is 3. The van der Waals surface area contributed by atoms with Crippen LogP contribution in [-0.4, -0.2) is 32.4 Å². The predicted molar refractivity (Wildman–Crippen MR) is 70.6 cm³/mol. The molecule has 2 aromatic heterocycles. The van der Waals surface area contributed by atoms with Crippen LogP contribution >= 0.6 is 0 Å². The molecule has 0 fully saturated rings. The smallest absolute Gasteiger partial charge is 0.271 e. The van der Waals surface area contributed by atoms with E-state index in [0.29, 0.717) is 18.2 Å². The number of nitrogens with one attached hydrogen (secondary N) is 3. The summed E-state index contributed by atoms with van der Waals surface area (Å²) in [5, 5.41) is 5.81. The van der Waals surface area contributed by atoms with Crippen molar-refractivity contribution in [2.75, 3.05) is 11.9 Å². The Kier molecular flexibility index (Phi) is 4.44. The predicted octanol–water partition coefficient (Wildman–Crippen LogP) is 0.952. The summed E-state index contributed by atoms with van der Waals surface area (Å²) >= 11 is 0. The van der Waals surface area contributed by atoms with Crippen LogP contribution in [0.25, 0.3) is 0 Å². The van der Waals surface area contributed by atoms with Crippen LogP contribution in [0, 0.1) is 0 Å². The van der Waals surface area contributed by atoms with E-state index in [2.05, 4.69) is 37.5 Å². The number of amides is 1. The number of aromatic nitrogens is 4. The SMILES string of the molecule is CCCNc1cncc(C(=O)NCc2ncc[nH]2)n1. The summed E-state index contributed by atoms with van der Waals surface area (Å²) in [6, 6.07) is 0. The van der Waals surface area contributed by atoms with E-state index in [1.165, 1.54) is 6.20 Å². The lowest BCUT2D eigenvalue weighted by molar-refractivity contribution is 0.0944. The molecule has 0 aromatic carbocycles. The second-order valence-corrected chi connectivity index (χ2v) is 3.93. The summed E-state index contributed by atoms with van der Waals surface area (Å²) in [4.78, 5) is 27.0. The quantitative estimate of drug-likeness (QED) is 0.718. The Hall–Kier alpha value is -2.44. The molecule has 7 heteroatoms. The van der Waals surface area contributed by atoms with E-state index in [1.807, 2.05) is 0 Å². The lowest BCUT2D eigenvalue weighted by atomic mass is 10.4. The minimum Gasteiger partial charge on any atom is -0.369 e. The van der Waals surface area contributed by atoms with Crippen molar-refractivity contribution in [2.24, 2.45) is 0 Å². The van der Waals surface area contributed by atoms with Gasteiger partial charge in [-0.1, -0.05) is 6.92 Å². The molecule has 2 rings (SSSR count). The largest absolute Gasteiger partial charge is 0.369 e. The van der Waals surface area contributed by atoms with Crippen molar-refractivity contribution in [1.82, 2.24) is 25.3 Å². The Morgan fingerprint density at radius 2 is 2.32 bits per heavy atom. The number of hydrogen-bond donors (Lipinski definition) is 3. The maximum absolute atomic E-state index is 11.9. The highest BCUT2D eigenvalue weighted by atomic mass is 16.1. The van der Waals surface area contributed by atoms with Crippen molar-refractivity contribution < 1.29 is 4.79 Å². The van der Waals surface area contributed by atoms with Crippen molar-refractivity contribution >= 4 is 11.7 Å². The molecule has 0 radical (unpaired) electrons. The van der Waals surface area contributed by atoms with Gasteiger partial charge in [-0.05, 0) is 6.42 Å². The third-order valence-electron chi connectivity index (χ3n) is 2.39. The molecule has 0 spiro atoms. The molecule has 0 saturated carbocycles. The third-order valence-corrected chi connectivity index (χ3v) is 2.39. The fourth-order valence-electron chi connectivity index (χ4n) is 1.46. The third kappa shape index (κ3) is 3.77. The Morgan fingerprint density at radius 1 is 1.42 bits per heavy atom. The molecule has 100 valence electrons. The molecule has 0 atom stereocenters. The van der Waals surface area contributed by atoms with Gasteiger partial charge in [-0.25, -0.2) is 9.97 Å². The van der Waals surface area contributed by atoms with Gasteiger partial charge in [0, 0.05) is 18.9 Å². The van der Waals surface area contributed by atoms with E-state index in [0.717, 1.165) is 13.0 Å². The molecule has 1 amide bonds. The summed E-state index contributed by atoms with van der Waals surface area (Å²) in [6.45, 7) is 3.19. The van der Waals surface area contributed by atoms with Gasteiger partial charge < -0.3 is 15.6 Å². The Bertz CT molecular complexity index is 525. The highest BCUT2D eigenvalue weighted by Gasteiger charge is 2.08. The number of H-pyrrole nitrogens is 1. The van der Waals surface area contributed by atoms with Crippen LogP contribution in [-0.2, 0) is 6.54 Å². The average Bonchev–Trinajstić information content (AvgIpc) is 2.96. The molecular weight excluding hydrogens is 244 g/mol. The van der Waals surface area contributed by atoms with Crippen LogP contribution in [0.2, 0.25) is 0 Å². The molecule has 3 N–H and O–H groups in total. The molecule has 2 aromatic rings. The zero-order chi connectivity index (χ0) is 13.5. The minimum atomic E-state index is -0.274. The topological polar surface area (TPSA) is 95.6 Å². The summed E-state index contributed by atoms with van der Waals surface area (Å²) in [5.41, 5.74) is 0.285. The molecule has 0 unspecified atom stereocenters. The van der Waals surface area contributed by atoms with E-state index < -0.39 is 0 Å². The minimum absolute atomic E-state index is 0.274. The molecule has 0 aliphatic heterocycles. The molecule has 0 saturated heterocycles. The van der Waals surface area contributed by atoms with E-state index in [9.17, 15) is 4.79 Å². The summed E-state index contributed by atoms with van der Waals surface area (Å²) in [6.07, 6.45) is 7.36. The highest BCUT2D eigenvalue weighted by molar-refractivity contribution is 5.92. The van der Waals surface area contributed by atoms with Gasteiger partial charge in [0.1, 0.15) is 17.3 Å². The zero-order valence-electron chi connectivity index (χ0n) is 10.7. The lowest BCUT2D eigenvalue weighted by Gasteiger charge is -2.06. The average molecular weight is 260 g/mol. The first-order valence-electron chi connectivity index (χ1n) is 6.12. The second kappa shape index (κ2) is 6.48. The molecule has 0 aliphatic carbocycles. The van der Waals surface area contributed by atoms with Gasteiger partial charge in [0.2, 0.25) is 0 Å². The summed E-state index contributed by atoms with van der Waals surface area (Å²) in [7, 11) is 0. The van der Waals surface area contributed by atoms with Crippen molar-refractivity contribution in [3.05, 3.63) is 36.3 Å². The Balaban J connectivity index is 1.94. The van der Waals surface area contributed by atoms with Gasteiger partial charge in [0.05, 0.1) is 18.9 Å². The summed E-state index contributed by atoms with van der Waals surface area (Å²) in [5.74, 6) is 1.03. The van der Waals surface area contributed by atoms with Gasteiger partial charge in [-0.15, -0.1) is 0 Å². The second-order valence-electron chi connectivity index (χ2n) is 3.93. The maximum Gasteiger partial charge on any atom is 0.271 e.